The van der Waals surface area contributed by atoms with Gasteiger partial charge in [-0.25, -0.2) is 10.2 Å². The number of rotatable bonds is 10. The lowest BCUT2D eigenvalue weighted by atomic mass is 9.95. The molecule has 0 saturated heterocycles. The molecule has 2 aromatic rings. The molecule has 0 bridgehead atoms. The lowest BCUT2D eigenvalue weighted by Crippen LogP contribution is -2.45. The Balaban J connectivity index is 1.68. The van der Waals surface area contributed by atoms with Crippen LogP contribution in [0.3, 0.4) is 0 Å². The molecule has 3 rings (SSSR count). The average molecular weight is 759 g/mol. The standard InChI is InChI=1S/C25H23I2N5O5S/c1-3-35-24(34)21-14(2)30-25(38)31-22(21)16-6-4-5-7-19(16)37-13-20(33)32-29-12-15-10-17(26)23(18(27)11-15)36-9-8-28/h4-7,10-12,22H,3,9,13H2,1-2H3,(H,32,33)(H2,30,31,38)/t22-/m1/s1. The van der Waals surface area contributed by atoms with Crippen LogP contribution in [-0.2, 0) is 14.3 Å². The largest absolute Gasteiger partial charge is 0.483 e. The monoisotopic (exact) mass is 759 g/mol. The van der Waals surface area contributed by atoms with Gasteiger partial charge in [0.25, 0.3) is 5.91 Å². The average Bonchev–Trinajstić information content (AvgIpc) is 2.87. The molecule has 0 saturated carbocycles. The Labute approximate surface area is 252 Å². The minimum atomic E-state index is -0.620. The number of carbonyl (C=O) groups excluding carboxylic acids is 2. The van der Waals surface area contributed by atoms with E-state index in [1.54, 1.807) is 38.1 Å². The summed E-state index contributed by atoms with van der Waals surface area (Å²) in [6.07, 6.45) is 1.50. The van der Waals surface area contributed by atoms with Gasteiger partial charge < -0.3 is 24.8 Å². The van der Waals surface area contributed by atoms with Crippen molar-refractivity contribution in [2.45, 2.75) is 19.9 Å². The highest BCUT2D eigenvalue weighted by Gasteiger charge is 2.32. The Morgan fingerprint density at radius 3 is 2.63 bits per heavy atom. The van der Waals surface area contributed by atoms with Crippen molar-refractivity contribution in [2.24, 2.45) is 5.10 Å². The zero-order valence-corrected chi connectivity index (χ0v) is 25.5. The third-order valence-corrected chi connectivity index (χ3v) is 6.88. The predicted molar refractivity (Wildman–Crippen MR) is 162 cm³/mol. The smallest absolute Gasteiger partial charge is 0.338 e. The molecular formula is C25H23I2N5O5S. The van der Waals surface area contributed by atoms with Crippen LogP contribution in [0.1, 0.15) is 31.0 Å². The Morgan fingerprint density at radius 2 is 1.95 bits per heavy atom. The van der Waals surface area contributed by atoms with Crippen molar-refractivity contribution in [3.8, 4) is 17.6 Å². The quantitative estimate of drug-likeness (QED) is 0.109. The van der Waals surface area contributed by atoms with E-state index >= 15 is 0 Å². The summed E-state index contributed by atoms with van der Waals surface area (Å²) in [6.45, 7) is 3.35. The Morgan fingerprint density at radius 1 is 1.24 bits per heavy atom. The van der Waals surface area contributed by atoms with Crippen LogP contribution in [-0.4, -0.2) is 43.0 Å². The van der Waals surface area contributed by atoms with Crippen LogP contribution in [0.2, 0.25) is 0 Å². The van der Waals surface area contributed by atoms with Gasteiger partial charge in [-0.05, 0) is 95.0 Å². The minimum Gasteiger partial charge on any atom is -0.483 e. The topological polar surface area (TPSA) is 134 Å². The lowest BCUT2D eigenvalue weighted by Gasteiger charge is -2.30. The Hall–Kier alpha value is -2.97. The second-order valence-corrected chi connectivity index (χ2v) is 10.4. The van der Waals surface area contributed by atoms with Crippen molar-refractivity contribution in [3.05, 3.63) is 65.9 Å². The molecular weight excluding hydrogens is 736 g/mol. The van der Waals surface area contributed by atoms with Gasteiger partial charge in [0.05, 0.1) is 31.6 Å². The molecule has 10 nitrogen and oxygen atoms in total. The van der Waals surface area contributed by atoms with Gasteiger partial charge in [0.2, 0.25) is 0 Å². The molecule has 0 fully saturated rings. The number of para-hydroxylation sites is 1. The van der Waals surface area contributed by atoms with Crippen LogP contribution < -0.4 is 25.5 Å². The number of hydrazone groups is 1. The van der Waals surface area contributed by atoms with Crippen LogP contribution in [0, 0.1) is 18.5 Å². The van der Waals surface area contributed by atoms with Gasteiger partial charge in [-0.2, -0.15) is 10.4 Å². The maximum atomic E-state index is 12.7. The number of nitriles is 1. The van der Waals surface area contributed by atoms with Crippen LogP contribution in [0.25, 0.3) is 0 Å². The van der Waals surface area contributed by atoms with Crippen molar-refractivity contribution in [2.75, 3.05) is 19.8 Å². The number of esters is 1. The van der Waals surface area contributed by atoms with Crippen LogP contribution in [0.4, 0.5) is 0 Å². The normalized spacial score (nSPS) is 14.8. The van der Waals surface area contributed by atoms with Crippen LogP contribution >= 0.6 is 57.4 Å². The fourth-order valence-electron chi connectivity index (χ4n) is 3.51. The summed E-state index contributed by atoms with van der Waals surface area (Å²) in [5.41, 5.74) is 4.76. The van der Waals surface area contributed by atoms with Crippen LogP contribution in [0.5, 0.6) is 11.5 Å². The van der Waals surface area contributed by atoms with E-state index in [0.717, 1.165) is 12.7 Å². The number of hydrogen-bond donors (Lipinski definition) is 3. The second-order valence-electron chi connectivity index (χ2n) is 7.67. The SMILES string of the molecule is CCOC(=O)C1=C(C)NC(=S)N[C@@H]1c1ccccc1OCC(=O)NN=Cc1cc(I)c(OCC#N)c(I)c1. The fourth-order valence-corrected chi connectivity index (χ4v) is 5.91. The molecule has 3 N–H and O–H groups in total. The number of nitrogens with one attached hydrogen (secondary N) is 3. The highest BCUT2D eigenvalue weighted by Crippen LogP contribution is 2.33. The highest BCUT2D eigenvalue weighted by molar-refractivity contribution is 14.1. The second kappa shape index (κ2) is 14.3. The van der Waals surface area contributed by atoms with Crippen molar-refractivity contribution in [3.63, 3.8) is 0 Å². The molecule has 198 valence electrons. The number of benzene rings is 2. The number of allylic oxidation sites excluding steroid dienone is 1. The summed E-state index contributed by atoms with van der Waals surface area (Å²) in [7, 11) is 0. The van der Waals surface area contributed by atoms with Crippen molar-refractivity contribution in [1.29, 1.82) is 5.26 Å². The maximum Gasteiger partial charge on any atom is 0.338 e. The van der Waals surface area contributed by atoms with Gasteiger partial charge >= 0.3 is 5.97 Å². The first-order valence-electron chi connectivity index (χ1n) is 11.2. The van der Waals surface area contributed by atoms with E-state index in [1.165, 1.54) is 6.21 Å². The molecule has 0 radical (unpaired) electrons. The van der Waals surface area contributed by atoms with Gasteiger partial charge in [0.1, 0.15) is 17.6 Å². The van der Waals surface area contributed by atoms with E-state index < -0.39 is 17.9 Å². The van der Waals surface area contributed by atoms with Gasteiger partial charge in [0, 0.05) is 11.3 Å². The van der Waals surface area contributed by atoms with Crippen molar-refractivity contribution < 1.29 is 23.8 Å². The molecule has 1 atom stereocenters. The van der Waals surface area contributed by atoms with E-state index in [2.05, 4.69) is 66.3 Å². The first-order chi connectivity index (χ1) is 18.2. The number of halogens is 2. The number of amides is 1. The maximum absolute atomic E-state index is 12.7. The van der Waals surface area contributed by atoms with E-state index in [0.29, 0.717) is 33.4 Å². The summed E-state index contributed by atoms with van der Waals surface area (Å²) in [6, 6.07) is 12.0. The molecule has 1 heterocycles. The Kier molecular flexibility index (Phi) is 11.1. The van der Waals surface area contributed by atoms with Gasteiger partial charge in [-0.3, -0.25) is 4.79 Å². The van der Waals surface area contributed by atoms with Gasteiger partial charge in [0.15, 0.2) is 18.3 Å². The molecule has 1 aliphatic heterocycles. The molecule has 2 aromatic carbocycles. The number of hydrogen-bond acceptors (Lipinski definition) is 8. The predicted octanol–water partition coefficient (Wildman–Crippen LogP) is 3.68. The third-order valence-electron chi connectivity index (χ3n) is 5.06. The molecule has 13 heteroatoms. The van der Waals surface area contributed by atoms with Crippen LogP contribution in [0.15, 0.2) is 52.8 Å². The number of carbonyl (C=O) groups is 2. The number of thiocarbonyl (C=S) groups is 1. The summed E-state index contributed by atoms with van der Waals surface area (Å²) in [4.78, 5) is 25.1. The minimum absolute atomic E-state index is 0.0426. The Bertz CT molecular complexity index is 1320. The summed E-state index contributed by atoms with van der Waals surface area (Å²) >= 11 is 9.52. The molecule has 0 aromatic heterocycles. The summed E-state index contributed by atoms with van der Waals surface area (Å²) in [5, 5.41) is 19.1. The molecule has 1 aliphatic rings. The third kappa shape index (κ3) is 7.77. The zero-order valence-electron chi connectivity index (χ0n) is 20.3. The highest BCUT2D eigenvalue weighted by atomic mass is 127. The van der Waals surface area contributed by atoms with Crippen molar-refractivity contribution in [1.82, 2.24) is 16.1 Å². The zero-order chi connectivity index (χ0) is 27.7. The van der Waals surface area contributed by atoms with E-state index in [1.807, 2.05) is 18.2 Å². The lowest BCUT2D eigenvalue weighted by molar-refractivity contribution is -0.139. The molecule has 38 heavy (non-hydrogen) atoms. The fraction of sp³-hybridized carbons (Fsp3) is 0.240. The summed E-state index contributed by atoms with van der Waals surface area (Å²) < 4.78 is 18.1. The van der Waals surface area contributed by atoms with Gasteiger partial charge in [-0.15, -0.1) is 0 Å². The van der Waals surface area contributed by atoms with E-state index in [9.17, 15) is 9.59 Å². The summed E-state index contributed by atoms with van der Waals surface area (Å²) in [5.74, 6) is 0.0792. The van der Waals surface area contributed by atoms with Gasteiger partial charge in [-0.1, -0.05) is 18.2 Å². The van der Waals surface area contributed by atoms with Crippen molar-refractivity contribution >= 4 is 80.6 Å². The number of ether oxygens (including phenoxy) is 3. The number of nitrogens with zero attached hydrogens (tertiary/aromatic N) is 2. The molecule has 1 amide bonds. The first-order valence-corrected chi connectivity index (χ1v) is 13.8. The molecule has 0 aliphatic carbocycles. The molecule has 0 unspecified atom stereocenters. The molecule has 0 spiro atoms. The van der Waals surface area contributed by atoms with E-state index in [-0.39, 0.29) is 19.8 Å². The van der Waals surface area contributed by atoms with E-state index in [4.69, 9.17) is 31.7 Å². The first kappa shape index (κ1) is 29.6.